The van der Waals surface area contributed by atoms with Crippen molar-refractivity contribution in [2.75, 3.05) is 5.32 Å². The van der Waals surface area contributed by atoms with Gasteiger partial charge in [0.15, 0.2) is 0 Å². The van der Waals surface area contributed by atoms with Gasteiger partial charge in [-0.05, 0) is 58.2 Å². The second-order valence-electron chi connectivity index (χ2n) is 4.46. The van der Waals surface area contributed by atoms with E-state index in [1.165, 1.54) is 12.1 Å². The molecule has 2 aromatic carbocycles. The molecule has 1 atom stereocenters. The number of hydrogen-bond acceptors (Lipinski definition) is 2. The fourth-order valence-electron chi connectivity index (χ4n) is 2.00. The summed E-state index contributed by atoms with van der Waals surface area (Å²) in [7, 11) is 0. The average Bonchev–Trinajstić information content (AvgIpc) is 2.38. The maximum atomic E-state index is 13.2. The van der Waals surface area contributed by atoms with Crippen LogP contribution in [0.15, 0.2) is 46.9 Å². The topological polar surface area (TPSA) is 55.1 Å². The van der Waals surface area contributed by atoms with Gasteiger partial charge in [-0.25, -0.2) is 4.39 Å². The molecule has 0 aliphatic carbocycles. The predicted molar refractivity (Wildman–Crippen MR) is 80.8 cm³/mol. The van der Waals surface area contributed by atoms with Gasteiger partial charge in [0.05, 0.1) is 0 Å². The van der Waals surface area contributed by atoms with Crippen molar-refractivity contribution in [3.8, 4) is 0 Å². The third kappa shape index (κ3) is 3.17. The second kappa shape index (κ2) is 6.05. The van der Waals surface area contributed by atoms with Crippen molar-refractivity contribution in [2.24, 2.45) is 5.73 Å². The van der Waals surface area contributed by atoms with Gasteiger partial charge < -0.3 is 11.1 Å². The van der Waals surface area contributed by atoms with E-state index in [-0.39, 0.29) is 5.82 Å². The number of primary amides is 1. The molecule has 0 saturated carbocycles. The van der Waals surface area contributed by atoms with E-state index in [0.717, 1.165) is 10.2 Å². The number of carbonyl (C=O) groups is 1. The van der Waals surface area contributed by atoms with E-state index in [1.54, 1.807) is 13.0 Å². The Morgan fingerprint density at radius 3 is 2.60 bits per heavy atom. The molecule has 20 heavy (non-hydrogen) atoms. The Hall–Kier alpha value is -1.88. The molecule has 0 heterocycles. The highest BCUT2D eigenvalue weighted by atomic mass is 79.9. The minimum absolute atomic E-state index is 0.338. The highest BCUT2D eigenvalue weighted by Gasteiger charge is 2.20. The van der Waals surface area contributed by atoms with Gasteiger partial charge in [0.2, 0.25) is 5.91 Å². The molecule has 0 aromatic heterocycles. The van der Waals surface area contributed by atoms with E-state index >= 15 is 0 Å². The van der Waals surface area contributed by atoms with E-state index in [4.69, 9.17) is 5.73 Å². The van der Waals surface area contributed by atoms with Gasteiger partial charge >= 0.3 is 0 Å². The van der Waals surface area contributed by atoms with Crippen molar-refractivity contribution < 1.29 is 9.18 Å². The van der Waals surface area contributed by atoms with Crippen molar-refractivity contribution in [1.29, 1.82) is 0 Å². The van der Waals surface area contributed by atoms with Crippen LogP contribution in [0.25, 0.3) is 0 Å². The maximum absolute atomic E-state index is 13.2. The first kappa shape index (κ1) is 14.5. The number of benzene rings is 2. The lowest BCUT2D eigenvalue weighted by Crippen LogP contribution is -2.28. The number of nitrogens with two attached hydrogens (primary N) is 1. The lowest BCUT2D eigenvalue weighted by atomic mass is 10.0. The summed E-state index contributed by atoms with van der Waals surface area (Å²) in [5, 5.41) is 3.08. The summed E-state index contributed by atoms with van der Waals surface area (Å²) in [5.41, 5.74) is 7.55. The largest absolute Gasteiger partial charge is 0.369 e. The first-order chi connectivity index (χ1) is 9.49. The molecule has 3 nitrogen and oxygen atoms in total. The molecule has 3 N–H and O–H groups in total. The van der Waals surface area contributed by atoms with Gasteiger partial charge in [0.25, 0.3) is 0 Å². The zero-order valence-electron chi connectivity index (χ0n) is 10.9. The summed E-state index contributed by atoms with van der Waals surface area (Å²) in [6.07, 6.45) is 0. The van der Waals surface area contributed by atoms with Crippen LogP contribution in [0, 0.1) is 12.7 Å². The molecule has 0 radical (unpaired) electrons. The monoisotopic (exact) mass is 336 g/mol. The number of amides is 1. The molecule has 0 fully saturated rings. The van der Waals surface area contributed by atoms with Crippen LogP contribution < -0.4 is 11.1 Å². The summed E-state index contributed by atoms with van der Waals surface area (Å²) in [4.78, 5) is 11.7. The molecular weight excluding hydrogens is 323 g/mol. The molecule has 1 unspecified atom stereocenters. The molecule has 2 aromatic rings. The van der Waals surface area contributed by atoms with E-state index in [9.17, 15) is 9.18 Å². The number of halogens is 2. The van der Waals surface area contributed by atoms with Crippen LogP contribution in [0.4, 0.5) is 10.1 Å². The first-order valence-electron chi connectivity index (χ1n) is 6.05. The van der Waals surface area contributed by atoms with E-state index < -0.39 is 11.9 Å². The molecule has 5 heteroatoms. The van der Waals surface area contributed by atoms with Crippen LogP contribution in [0.3, 0.4) is 0 Å². The number of aryl methyl sites for hydroxylation is 1. The Labute approximate surface area is 125 Å². The van der Waals surface area contributed by atoms with E-state index in [2.05, 4.69) is 21.2 Å². The van der Waals surface area contributed by atoms with Gasteiger partial charge in [-0.1, -0.05) is 18.2 Å². The predicted octanol–water partition coefficient (Wildman–Crippen LogP) is 3.54. The quantitative estimate of drug-likeness (QED) is 0.897. The normalized spacial score (nSPS) is 11.9. The van der Waals surface area contributed by atoms with E-state index in [1.807, 2.05) is 24.3 Å². The summed E-state index contributed by atoms with van der Waals surface area (Å²) in [6.45, 7) is 1.75. The van der Waals surface area contributed by atoms with Crippen LogP contribution in [-0.2, 0) is 4.79 Å². The van der Waals surface area contributed by atoms with Gasteiger partial charge in [0, 0.05) is 10.2 Å². The van der Waals surface area contributed by atoms with Crippen LogP contribution in [0.2, 0.25) is 0 Å². The van der Waals surface area contributed by atoms with Gasteiger partial charge in [-0.2, -0.15) is 0 Å². The van der Waals surface area contributed by atoms with Crippen molar-refractivity contribution in [3.63, 3.8) is 0 Å². The SMILES string of the molecule is Cc1cc(F)ccc1C(Nc1ccccc1Br)C(N)=O. The molecule has 1 amide bonds. The van der Waals surface area contributed by atoms with Crippen molar-refractivity contribution in [3.05, 3.63) is 63.9 Å². The summed E-state index contributed by atoms with van der Waals surface area (Å²) < 4.78 is 14.0. The fourth-order valence-corrected chi connectivity index (χ4v) is 2.40. The van der Waals surface area contributed by atoms with Gasteiger partial charge in [0.1, 0.15) is 11.9 Å². The molecule has 0 spiro atoms. The lowest BCUT2D eigenvalue weighted by molar-refractivity contribution is -0.118. The number of anilines is 1. The number of carbonyl (C=O) groups excluding carboxylic acids is 1. The highest BCUT2D eigenvalue weighted by Crippen LogP contribution is 2.27. The van der Waals surface area contributed by atoms with Crippen molar-refractivity contribution in [2.45, 2.75) is 13.0 Å². The van der Waals surface area contributed by atoms with Crippen LogP contribution in [0.1, 0.15) is 17.2 Å². The average molecular weight is 337 g/mol. The Kier molecular flexibility index (Phi) is 4.39. The second-order valence-corrected chi connectivity index (χ2v) is 5.31. The molecule has 2 rings (SSSR count). The maximum Gasteiger partial charge on any atom is 0.244 e. The Morgan fingerprint density at radius 1 is 1.30 bits per heavy atom. The zero-order valence-corrected chi connectivity index (χ0v) is 12.4. The Morgan fingerprint density at radius 2 is 2.00 bits per heavy atom. The minimum Gasteiger partial charge on any atom is -0.369 e. The van der Waals surface area contributed by atoms with Crippen LogP contribution in [-0.4, -0.2) is 5.91 Å². The molecule has 0 bridgehead atoms. The lowest BCUT2D eigenvalue weighted by Gasteiger charge is -2.20. The van der Waals surface area contributed by atoms with E-state index in [0.29, 0.717) is 11.1 Å². The highest BCUT2D eigenvalue weighted by molar-refractivity contribution is 9.10. The molecule has 104 valence electrons. The number of hydrogen-bond donors (Lipinski definition) is 2. The Balaban J connectivity index is 2.37. The molecule has 0 aliphatic rings. The smallest absolute Gasteiger partial charge is 0.244 e. The summed E-state index contributed by atoms with van der Waals surface area (Å²) in [5.74, 6) is -0.856. The van der Waals surface area contributed by atoms with Crippen molar-refractivity contribution in [1.82, 2.24) is 0 Å². The summed E-state index contributed by atoms with van der Waals surface area (Å²) in [6, 6.07) is 11.0. The standard InChI is InChI=1S/C15H14BrFN2O/c1-9-8-10(17)6-7-11(9)14(15(18)20)19-13-5-3-2-4-12(13)16/h2-8,14,19H,1H3,(H2,18,20). The van der Waals surface area contributed by atoms with Crippen molar-refractivity contribution >= 4 is 27.5 Å². The van der Waals surface area contributed by atoms with Crippen LogP contribution >= 0.6 is 15.9 Å². The van der Waals surface area contributed by atoms with Gasteiger partial charge in [-0.15, -0.1) is 0 Å². The molecular formula is C15H14BrFN2O. The van der Waals surface area contributed by atoms with Gasteiger partial charge in [-0.3, -0.25) is 4.79 Å². The first-order valence-corrected chi connectivity index (χ1v) is 6.85. The molecule has 0 aliphatic heterocycles. The van der Waals surface area contributed by atoms with Crippen LogP contribution in [0.5, 0.6) is 0 Å². The number of nitrogens with one attached hydrogen (secondary N) is 1. The third-order valence-electron chi connectivity index (χ3n) is 3.00. The zero-order chi connectivity index (χ0) is 14.7. The number of para-hydroxylation sites is 1. The number of rotatable bonds is 4. The third-order valence-corrected chi connectivity index (χ3v) is 3.69. The fraction of sp³-hybridized carbons (Fsp3) is 0.133. The summed E-state index contributed by atoms with van der Waals surface area (Å²) >= 11 is 3.40. The molecule has 0 saturated heterocycles. The Bertz CT molecular complexity index is 646. The minimum atomic E-state index is -0.714.